The fourth-order valence-corrected chi connectivity index (χ4v) is 6.26. The third-order valence-electron chi connectivity index (χ3n) is 6.88. The van der Waals surface area contributed by atoms with E-state index in [0.717, 1.165) is 0 Å². The zero-order valence-electron chi connectivity index (χ0n) is 14.6. The zero-order valence-corrected chi connectivity index (χ0v) is 15.4. The Labute approximate surface area is 159 Å². The van der Waals surface area contributed by atoms with Gasteiger partial charge in [0.15, 0.2) is 12.1 Å². The summed E-state index contributed by atoms with van der Waals surface area (Å²) >= 11 is 0. The van der Waals surface area contributed by atoms with Gasteiger partial charge in [-0.15, -0.1) is 0 Å². The molecule has 2 N–H and O–H groups in total. The third-order valence-corrected chi connectivity index (χ3v) is 7.69. The van der Waals surface area contributed by atoms with Crippen LogP contribution in [0.3, 0.4) is 0 Å². The number of ether oxygens (including phenoxy) is 4. The number of hydrogen-bond acceptors (Lipinski definition) is 8. The van der Waals surface area contributed by atoms with Crippen molar-refractivity contribution >= 4 is 16.1 Å². The molecule has 158 valence electrons. The van der Waals surface area contributed by atoms with E-state index in [1.54, 1.807) is 0 Å². The summed E-state index contributed by atoms with van der Waals surface area (Å²) < 4.78 is 80.2. The fourth-order valence-electron chi connectivity index (χ4n) is 6.01. The molecule has 2 saturated heterocycles. The summed E-state index contributed by atoms with van der Waals surface area (Å²) in [7, 11) is -5.92. The largest absolute Gasteiger partial charge is 0.465 e. The molecule has 12 heteroatoms. The van der Waals surface area contributed by atoms with Crippen molar-refractivity contribution in [3.8, 4) is 0 Å². The van der Waals surface area contributed by atoms with Crippen molar-refractivity contribution < 1.29 is 50.6 Å². The molecule has 6 fully saturated rings. The van der Waals surface area contributed by atoms with Gasteiger partial charge in [-0.25, -0.2) is 4.79 Å². The van der Waals surface area contributed by atoms with Crippen molar-refractivity contribution in [1.82, 2.24) is 0 Å². The van der Waals surface area contributed by atoms with Crippen LogP contribution in [0.4, 0.5) is 8.78 Å². The molecule has 4 saturated carbocycles. The molecule has 9 nitrogen and oxygen atoms in total. The number of alkyl halides is 2. The average Bonchev–Trinajstić information content (AvgIpc) is 3.11. The maximum atomic E-state index is 13.7. The van der Waals surface area contributed by atoms with E-state index >= 15 is 0 Å². The van der Waals surface area contributed by atoms with E-state index < -0.39 is 51.2 Å². The number of aliphatic hydroxyl groups is 1. The van der Waals surface area contributed by atoms with Gasteiger partial charge in [0.2, 0.25) is 0 Å². The molecule has 5 unspecified atom stereocenters. The first-order valence-corrected chi connectivity index (χ1v) is 10.6. The van der Waals surface area contributed by atoms with Crippen LogP contribution in [0.15, 0.2) is 0 Å². The Kier molecular flexibility index (Phi) is 3.82. The van der Waals surface area contributed by atoms with Gasteiger partial charge in [-0.1, -0.05) is 0 Å². The highest BCUT2D eigenvalue weighted by Gasteiger charge is 2.71. The van der Waals surface area contributed by atoms with Gasteiger partial charge in [0, 0.05) is 11.8 Å². The van der Waals surface area contributed by atoms with E-state index in [9.17, 15) is 27.1 Å². The van der Waals surface area contributed by atoms with E-state index in [2.05, 4.69) is 0 Å². The van der Waals surface area contributed by atoms with Gasteiger partial charge in [-0.05, 0) is 38.0 Å². The number of aliphatic hydroxyl groups excluding tert-OH is 1. The number of fused-ring (bicyclic) bond motifs is 1. The lowest BCUT2D eigenvalue weighted by Crippen LogP contribution is -2.66. The minimum Gasteiger partial charge on any atom is -0.454 e. The first-order valence-electron chi connectivity index (χ1n) is 9.19. The molecule has 0 aromatic rings. The second-order valence-corrected chi connectivity index (χ2v) is 10.1. The number of carbonyl (C=O) groups is 1. The quantitative estimate of drug-likeness (QED) is 0.487. The standard InChI is InChI=1S/C16H20F2O9S/c17-16(18,28(21,22)23)13(20)27-14-3-7-1-8(4-14)15(9(2-7)5-14)25-10-6-24-12(19)11(10)26-15/h7-12,19H,1-6H2,(H,21,22,23). The highest BCUT2D eigenvalue weighted by molar-refractivity contribution is 7.87. The highest BCUT2D eigenvalue weighted by Crippen LogP contribution is 2.65. The predicted octanol–water partition coefficient (Wildman–Crippen LogP) is 0.418. The zero-order chi connectivity index (χ0) is 20.1. The van der Waals surface area contributed by atoms with E-state index in [-0.39, 0.29) is 37.2 Å². The average molecular weight is 426 g/mol. The smallest absolute Gasteiger partial charge is 0.454 e. The van der Waals surface area contributed by atoms with E-state index in [0.29, 0.717) is 19.3 Å². The minimum atomic E-state index is -5.92. The molecule has 5 atom stereocenters. The lowest BCUT2D eigenvalue weighted by Gasteiger charge is -2.62. The van der Waals surface area contributed by atoms with Crippen molar-refractivity contribution in [3.05, 3.63) is 0 Å². The van der Waals surface area contributed by atoms with Crippen LogP contribution in [0.2, 0.25) is 0 Å². The topological polar surface area (TPSA) is 129 Å². The highest BCUT2D eigenvalue weighted by atomic mass is 32.2. The van der Waals surface area contributed by atoms with Crippen molar-refractivity contribution in [2.75, 3.05) is 6.61 Å². The van der Waals surface area contributed by atoms with Gasteiger partial charge in [0.1, 0.15) is 17.8 Å². The number of esters is 1. The molecular formula is C16H20F2O9S. The molecule has 0 aromatic carbocycles. The Morgan fingerprint density at radius 2 is 1.79 bits per heavy atom. The molecule has 4 bridgehead atoms. The Morgan fingerprint density at radius 3 is 2.36 bits per heavy atom. The van der Waals surface area contributed by atoms with Crippen molar-refractivity contribution in [2.45, 2.75) is 67.2 Å². The van der Waals surface area contributed by atoms with E-state index in [1.807, 2.05) is 0 Å². The maximum Gasteiger partial charge on any atom is 0.465 e. The monoisotopic (exact) mass is 426 g/mol. The Hall–Kier alpha value is -0.920. The fraction of sp³-hybridized carbons (Fsp3) is 0.938. The van der Waals surface area contributed by atoms with Crippen LogP contribution in [0.25, 0.3) is 0 Å². The second kappa shape index (κ2) is 5.61. The summed E-state index contributed by atoms with van der Waals surface area (Å²) in [5, 5.41) is 4.89. The molecule has 0 amide bonds. The second-order valence-electron chi connectivity index (χ2n) is 8.59. The number of carbonyl (C=O) groups excluding carboxylic acids is 1. The van der Waals surface area contributed by atoms with Gasteiger partial charge in [-0.3, -0.25) is 4.55 Å². The first kappa shape index (κ1) is 19.1. The molecule has 28 heavy (non-hydrogen) atoms. The van der Waals surface area contributed by atoms with Crippen LogP contribution in [-0.2, 0) is 33.9 Å². The van der Waals surface area contributed by atoms with Gasteiger partial charge in [0.05, 0.1) is 6.61 Å². The predicted molar refractivity (Wildman–Crippen MR) is 83.3 cm³/mol. The summed E-state index contributed by atoms with van der Waals surface area (Å²) in [5.41, 5.74) is -1.24. The number of halogens is 2. The van der Waals surface area contributed by atoms with Crippen LogP contribution < -0.4 is 0 Å². The van der Waals surface area contributed by atoms with Crippen LogP contribution in [0.5, 0.6) is 0 Å². The molecule has 2 heterocycles. The number of hydrogen-bond donors (Lipinski definition) is 2. The molecule has 0 radical (unpaired) electrons. The maximum absolute atomic E-state index is 13.7. The summed E-state index contributed by atoms with van der Waals surface area (Å²) in [6.45, 7) is 0.192. The van der Waals surface area contributed by atoms with Crippen molar-refractivity contribution in [3.63, 3.8) is 0 Å². The van der Waals surface area contributed by atoms with Gasteiger partial charge >= 0.3 is 21.3 Å². The summed E-state index contributed by atoms with van der Waals surface area (Å²) in [5.74, 6) is -3.64. The molecule has 1 spiro atoms. The van der Waals surface area contributed by atoms with E-state index in [4.69, 9.17) is 23.5 Å². The van der Waals surface area contributed by atoms with Crippen LogP contribution in [0.1, 0.15) is 32.1 Å². The van der Waals surface area contributed by atoms with Gasteiger partial charge < -0.3 is 24.1 Å². The first-order chi connectivity index (χ1) is 13.0. The normalized spacial score (nSPS) is 49.6. The lowest BCUT2D eigenvalue weighted by molar-refractivity contribution is -0.337. The summed E-state index contributed by atoms with van der Waals surface area (Å²) in [6.07, 6.45) is -0.0338. The third kappa shape index (κ3) is 2.45. The molecule has 4 aliphatic carbocycles. The Balaban J connectivity index is 1.39. The number of rotatable bonds is 3. The SMILES string of the molecule is O=C(OC12CC3CC(C1)C1(OC4COC(O)C4O1)C(C3)C2)C(F)(F)S(=O)(=O)O. The van der Waals surface area contributed by atoms with Crippen molar-refractivity contribution in [2.24, 2.45) is 17.8 Å². The van der Waals surface area contributed by atoms with Crippen molar-refractivity contribution in [1.29, 1.82) is 0 Å². The van der Waals surface area contributed by atoms with Crippen LogP contribution in [-0.4, -0.2) is 65.8 Å². The molecular weight excluding hydrogens is 406 g/mol. The van der Waals surface area contributed by atoms with Gasteiger partial charge in [-0.2, -0.15) is 17.2 Å². The summed E-state index contributed by atoms with van der Waals surface area (Å²) in [6, 6.07) is 0. The minimum absolute atomic E-state index is 0.101. The Bertz CT molecular complexity index is 799. The molecule has 2 aliphatic heterocycles. The molecule has 6 rings (SSSR count). The molecule has 0 aromatic heterocycles. The lowest BCUT2D eigenvalue weighted by atomic mass is 9.51. The summed E-state index contributed by atoms with van der Waals surface area (Å²) in [4.78, 5) is 11.9. The van der Waals surface area contributed by atoms with Gasteiger partial charge in [0.25, 0.3) is 0 Å². The Morgan fingerprint density at radius 1 is 1.14 bits per heavy atom. The van der Waals surface area contributed by atoms with Crippen LogP contribution >= 0.6 is 0 Å². The van der Waals surface area contributed by atoms with E-state index in [1.165, 1.54) is 0 Å². The molecule has 6 aliphatic rings. The van der Waals surface area contributed by atoms with Crippen LogP contribution in [0, 0.1) is 17.8 Å².